The Kier molecular flexibility index (Phi) is 3.21. The fourth-order valence-corrected chi connectivity index (χ4v) is 2.09. The molecule has 3 rings (SSSR count). The number of rotatable bonds is 3. The molecular weight excluding hydrogens is 268 g/mol. The molecule has 1 aromatic carbocycles. The van der Waals surface area contributed by atoms with Gasteiger partial charge >= 0.3 is 0 Å². The lowest BCUT2D eigenvalue weighted by Crippen LogP contribution is -2.15. The number of nitrogens with zero attached hydrogens (tertiary/aromatic N) is 3. The minimum Gasteiger partial charge on any atom is -0.360 e. The number of hydrogen-bond donors (Lipinski definition) is 1. The average Bonchev–Trinajstić information content (AvgIpc) is 3.06. The largest absolute Gasteiger partial charge is 0.360 e. The fourth-order valence-electron chi connectivity index (χ4n) is 2.09. The molecule has 0 spiro atoms. The predicted molar refractivity (Wildman–Crippen MR) is 79.3 cm³/mol. The van der Waals surface area contributed by atoms with Gasteiger partial charge in [0.15, 0.2) is 5.69 Å². The van der Waals surface area contributed by atoms with E-state index in [1.807, 2.05) is 49.7 Å². The third kappa shape index (κ3) is 2.40. The van der Waals surface area contributed by atoms with Crippen LogP contribution < -0.4 is 5.32 Å². The van der Waals surface area contributed by atoms with Gasteiger partial charge in [-0.2, -0.15) is 0 Å². The number of benzene rings is 1. The third-order valence-corrected chi connectivity index (χ3v) is 3.34. The first-order chi connectivity index (χ1) is 10.1. The zero-order valence-corrected chi connectivity index (χ0v) is 12.1. The van der Waals surface area contributed by atoms with Crippen molar-refractivity contribution in [2.45, 2.75) is 19.8 Å². The van der Waals surface area contributed by atoms with Crippen LogP contribution in [-0.4, -0.2) is 20.6 Å². The molecule has 0 aliphatic heterocycles. The SMILES string of the molecule is CC(C)c1cc(C(=O)Nc2nc3ccccc3n2C)no1. The Morgan fingerprint density at radius 1 is 1.33 bits per heavy atom. The van der Waals surface area contributed by atoms with Crippen molar-refractivity contribution in [2.75, 3.05) is 5.32 Å². The van der Waals surface area contributed by atoms with Crippen molar-refractivity contribution in [2.24, 2.45) is 7.05 Å². The summed E-state index contributed by atoms with van der Waals surface area (Å²) in [6, 6.07) is 9.35. The Bertz CT molecular complexity index is 801. The summed E-state index contributed by atoms with van der Waals surface area (Å²) in [5.74, 6) is 1.03. The van der Waals surface area contributed by atoms with Crippen LogP contribution >= 0.6 is 0 Å². The third-order valence-electron chi connectivity index (χ3n) is 3.34. The average molecular weight is 284 g/mol. The fraction of sp³-hybridized carbons (Fsp3) is 0.267. The molecule has 6 nitrogen and oxygen atoms in total. The molecule has 3 aromatic rings. The van der Waals surface area contributed by atoms with Crippen LogP contribution in [0, 0.1) is 0 Å². The second-order valence-electron chi connectivity index (χ2n) is 5.21. The van der Waals surface area contributed by atoms with Crippen LogP contribution in [0.5, 0.6) is 0 Å². The summed E-state index contributed by atoms with van der Waals surface area (Å²) in [5, 5.41) is 6.55. The first-order valence-electron chi connectivity index (χ1n) is 6.75. The molecule has 0 aliphatic carbocycles. The zero-order valence-electron chi connectivity index (χ0n) is 12.1. The van der Waals surface area contributed by atoms with Gasteiger partial charge in [-0.25, -0.2) is 4.98 Å². The van der Waals surface area contributed by atoms with E-state index in [1.165, 1.54) is 0 Å². The van der Waals surface area contributed by atoms with Crippen molar-refractivity contribution in [1.29, 1.82) is 0 Å². The van der Waals surface area contributed by atoms with Gasteiger partial charge < -0.3 is 9.09 Å². The van der Waals surface area contributed by atoms with Crippen molar-refractivity contribution in [1.82, 2.24) is 14.7 Å². The second-order valence-corrected chi connectivity index (χ2v) is 5.21. The van der Waals surface area contributed by atoms with E-state index in [9.17, 15) is 4.79 Å². The molecule has 6 heteroatoms. The number of hydrogen-bond acceptors (Lipinski definition) is 4. The molecule has 2 aromatic heterocycles. The molecule has 1 N–H and O–H groups in total. The number of aromatic nitrogens is 3. The van der Waals surface area contributed by atoms with Gasteiger partial charge in [-0.3, -0.25) is 10.1 Å². The summed E-state index contributed by atoms with van der Waals surface area (Å²) in [4.78, 5) is 16.6. The van der Waals surface area contributed by atoms with Gasteiger partial charge in [-0.05, 0) is 12.1 Å². The highest BCUT2D eigenvalue weighted by molar-refractivity contribution is 6.02. The molecule has 1 amide bonds. The van der Waals surface area contributed by atoms with Crippen molar-refractivity contribution in [3.63, 3.8) is 0 Å². The highest BCUT2D eigenvalue weighted by Crippen LogP contribution is 2.19. The summed E-state index contributed by atoms with van der Waals surface area (Å²) < 4.78 is 6.97. The van der Waals surface area contributed by atoms with Gasteiger partial charge in [0.2, 0.25) is 5.95 Å². The van der Waals surface area contributed by atoms with Crippen LogP contribution in [0.2, 0.25) is 0 Å². The van der Waals surface area contributed by atoms with Crippen LogP contribution in [0.4, 0.5) is 5.95 Å². The lowest BCUT2D eigenvalue weighted by atomic mass is 10.1. The molecule has 108 valence electrons. The van der Waals surface area contributed by atoms with E-state index >= 15 is 0 Å². The number of carbonyl (C=O) groups excluding carboxylic acids is 1. The van der Waals surface area contributed by atoms with Crippen LogP contribution in [0.25, 0.3) is 11.0 Å². The van der Waals surface area contributed by atoms with Crippen LogP contribution in [0.3, 0.4) is 0 Å². The zero-order chi connectivity index (χ0) is 15.0. The Balaban J connectivity index is 1.87. The van der Waals surface area contributed by atoms with Crippen molar-refractivity contribution in [3.05, 3.63) is 41.8 Å². The smallest absolute Gasteiger partial charge is 0.280 e. The summed E-state index contributed by atoms with van der Waals surface area (Å²) in [6.45, 7) is 3.96. The van der Waals surface area contributed by atoms with Gasteiger partial charge in [-0.1, -0.05) is 31.1 Å². The minimum absolute atomic E-state index is 0.190. The number of para-hydroxylation sites is 2. The Morgan fingerprint density at radius 3 is 2.76 bits per heavy atom. The summed E-state index contributed by atoms with van der Waals surface area (Å²) in [5.41, 5.74) is 2.04. The van der Waals surface area contributed by atoms with Crippen molar-refractivity contribution >= 4 is 22.9 Å². The molecule has 21 heavy (non-hydrogen) atoms. The number of fused-ring (bicyclic) bond motifs is 1. The second kappa shape index (κ2) is 5.05. The molecule has 0 aliphatic rings. The predicted octanol–water partition coefficient (Wildman–Crippen LogP) is 2.94. The van der Waals surface area contributed by atoms with E-state index in [1.54, 1.807) is 6.07 Å². The molecule has 0 unspecified atom stereocenters. The summed E-state index contributed by atoms with van der Waals surface area (Å²) in [7, 11) is 1.85. The van der Waals surface area contributed by atoms with Gasteiger partial charge in [0.25, 0.3) is 5.91 Å². The van der Waals surface area contributed by atoms with Gasteiger partial charge in [0, 0.05) is 19.0 Å². The van der Waals surface area contributed by atoms with E-state index in [-0.39, 0.29) is 17.5 Å². The molecular formula is C15H16N4O2. The van der Waals surface area contributed by atoms with Crippen molar-refractivity contribution < 1.29 is 9.32 Å². The maximum atomic E-state index is 12.2. The van der Waals surface area contributed by atoms with E-state index < -0.39 is 0 Å². The minimum atomic E-state index is -0.330. The standard InChI is InChI=1S/C15H16N4O2/c1-9(2)13-8-11(18-21-13)14(20)17-15-16-10-6-4-5-7-12(10)19(15)3/h4-9H,1-3H3,(H,16,17,20). The Labute approximate surface area is 121 Å². The Hall–Kier alpha value is -2.63. The topological polar surface area (TPSA) is 73.0 Å². The monoisotopic (exact) mass is 284 g/mol. The molecule has 0 saturated heterocycles. The molecule has 0 fully saturated rings. The maximum Gasteiger partial charge on any atom is 0.280 e. The normalized spacial score (nSPS) is 11.2. The van der Waals surface area contributed by atoms with Crippen LogP contribution in [-0.2, 0) is 7.05 Å². The summed E-state index contributed by atoms with van der Waals surface area (Å²) >= 11 is 0. The Morgan fingerprint density at radius 2 is 2.10 bits per heavy atom. The highest BCUT2D eigenvalue weighted by Gasteiger charge is 2.17. The quantitative estimate of drug-likeness (QED) is 0.802. The lowest BCUT2D eigenvalue weighted by molar-refractivity contribution is 0.101. The van der Waals surface area contributed by atoms with Crippen LogP contribution in [0.1, 0.15) is 36.0 Å². The number of amides is 1. The highest BCUT2D eigenvalue weighted by atomic mass is 16.5. The van der Waals surface area contributed by atoms with Crippen molar-refractivity contribution in [3.8, 4) is 0 Å². The number of anilines is 1. The molecule has 0 radical (unpaired) electrons. The van der Waals surface area contributed by atoms with Gasteiger partial charge in [-0.15, -0.1) is 0 Å². The van der Waals surface area contributed by atoms with Gasteiger partial charge in [0.1, 0.15) is 5.76 Å². The van der Waals surface area contributed by atoms with Gasteiger partial charge in [0.05, 0.1) is 11.0 Å². The number of imidazole rings is 1. The van der Waals surface area contributed by atoms with Crippen LogP contribution in [0.15, 0.2) is 34.9 Å². The summed E-state index contributed by atoms with van der Waals surface area (Å²) in [6.07, 6.45) is 0. The molecule has 2 heterocycles. The van der Waals surface area contributed by atoms with E-state index in [0.717, 1.165) is 11.0 Å². The first-order valence-corrected chi connectivity index (χ1v) is 6.75. The maximum absolute atomic E-state index is 12.2. The van der Waals surface area contributed by atoms with E-state index in [4.69, 9.17) is 4.52 Å². The first kappa shape index (κ1) is 13.4. The lowest BCUT2D eigenvalue weighted by Gasteiger charge is -2.02. The molecule has 0 bridgehead atoms. The number of aryl methyl sites for hydroxylation is 1. The van der Waals surface area contributed by atoms with E-state index in [2.05, 4.69) is 15.5 Å². The van der Waals surface area contributed by atoms with E-state index in [0.29, 0.717) is 11.7 Å². The molecule has 0 atom stereocenters. The number of nitrogens with one attached hydrogen (secondary N) is 1. The number of carbonyl (C=O) groups is 1. The molecule has 0 saturated carbocycles.